The van der Waals surface area contributed by atoms with Gasteiger partial charge in [-0.3, -0.25) is 9.59 Å². The van der Waals surface area contributed by atoms with Crippen molar-refractivity contribution in [2.75, 3.05) is 5.32 Å². The molecule has 1 amide bonds. The molecule has 98 valence electrons. The predicted octanol–water partition coefficient (Wildman–Crippen LogP) is 2.18. The van der Waals surface area contributed by atoms with Gasteiger partial charge in [0.25, 0.3) is 11.5 Å². The normalized spacial score (nSPS) is 10.4. The van der Waals surface area contributed by atoms with Crippen LogP contribution in [0.25, 0.3) is 10.8 Å². The van der Waals surface area contributed by atoms with Gasteiger partial charge in [0, 0.05) is 17.1 Å². The quantitative estimate of drug-likeness (QED) is 0.745. The van der Waals surface area contributed by atoms with Crippen molar-refractivity contribution in [3.63, 3.8) is 0 Å². The lowest BCUT2D eigenvalue weighted by molar-refractivity contribution is 0.102. The molecule has 0 radical (unpaired) electrons. The van der Waals surface area contributed by atoms with Crippen LogP contribution in [0.1, 0.15) is 10.5 Å². The molecule has 0 fully saturated rings. The Kier molecular flexibility index (Phi) is 3.01. The van der Waals surface area contributed by atoms with Crippen LogP contribution in [0, 0.1) is 0 Å². The van der Waals surface area contributed by atoms with E-state index < -0.39 is 0 Å². The van der Waals surface area contributed by atoms with Crippen molar-refractivity contribution in [3.05, 3.63) is 70.6 Å². The highest BCUT2D eigenvalue weighted by Gasteiger charge is 2.09. The fraction of sp³-hybridized carbons (Fsp3) is 0. The summed E-state index contributed by atoms with van der Waals surface area (Å²) >= 11 is 0. The number of fused-ring (bicyclic) bond motifs is 1. The summed E-state index contributed by atoms with van der Waals surface area (Å²) in [4.78, 5) is 23.0. The average Bonchev–Trinajstić information content (AvgIpc) is 2.48. The summed E-state index contributed by atoms with van der Waals surface area (Å²) in [5.74, 6) is -0.363. The molecule has 0 unspecified atom stereocenters. The van der Waals surface area contributed by atoms with Gasteiger partial charge in [-0.1, -0.05) is 36.4 Å². The predicted molar refractivity (Wildman–Crippen MR) is 76.8 cm³/mol. The third-order valence-corrected chi connectivity index (χ3v) is 2.95. The molecule has 5 heteroatoms. The van der Waals surface area contributed by atoms with Gasteiger partial charge in [-0.2, -0.15) is 5.10 Å². The second-order valence-electron chi connectivity index (χ2n) is 4.29. The zero-order valence-corrected chi connectivity index (χ0v) is 10.5. The molecule has 0 bridgehead atoms. The Morgan fingerprint density at radius 1 is 1.00 bits per heavy atom. The van der Waals surface area contributed by atoms with Crippen molar-refractivity contribution in [1.82, 2.24) is 10.2 Å². The molecule has 0 aliphatic rings. The Labute approximate surface area is 114 Å². The molecule has 3 aromatic rings. The maximum absolute atomic E-state index is 12.1. The second-order valence-corrected chi connectivity index (χ2v) is 4.29. The van der Waals surface area contributed by atoms with Crippen LogP contribution in [-0.2, 0) is 0 Å². The number of aromatic amines is 1. The Morgan fingerprint density at radius 3 is 2.60 bits per heavy atom. The summed E-state index contributed by atoms with van der Waals surface area (Å²) in [5, 5.41) is 10.7. The highest BCUT2D eigenvalue weighted by molar-refractivity contribution is 6.08. The summed E-state index contributed by atoms with van der Waals surface area (Å²) in [5.41, 5.74) is 0.533. The Balaban J connectivity index is 1.95. The zero-order valence-electron chi connectivity index (χ0n) is 10.5. The minimum Gasteiger partial charge on any atom is -0.320 e. The molecule has 5 nitrogen and oxygen atoms in total. The fourth-order valence-corrected chi connectivity index (χ4v) is 1.99. The van der Waals surface area contributed by atoms with Crippen molar-refractivity contribution in [3.8, 4) is 0 Å². The Bertz CT molecular complexity index is 814. The molecule has 2 N–H and O–H groups in total. The van der Waals surface area contributed by atoms with Gasteiger partial charge in [-0.25, -0.2) is 5.10 Å². The number of carbonyl (C=O) groups is 1. The van der Waals surface area contributed by atoms with Gasteiger partial charge in [-0.15, -0.1) is 0 Å². The van der Waals surface area contributed by atoms with Crippen molar-refractivity contribution in [2.45, 2.75) is 0 Å². The lowest BCUT2D eigenvalue weighted by atomic mass is 10.1. The van der Waals surface area contributed by atoms with Crippen LogP contribution in [0.15, 0.2) is 59.4 Å². The minimum atomic E-state index is -0.363. The first-order valence-corrected chi connectivity index (χ1v) is 6.09. The molecule has 0 aliphatic heterocycles. The van der Waals surface area contributed by atoms with Crippen molar-refractivity contribution in [2.24, 2.45) is 0 Å². The second kappa shape index (κ2) is 4.97. The largest absolute Gasteiger partial charge is 0.320 e. The summed E-state index contributed by atoms with van der Waals surface area (Å²) in [6, 6.07) is 16.1. The maximum Gasteiger partial charge on any atom is 0.276 e. The molecular formula is C15H11N3O2. The summed E-state index contributed by atoms with van der Waals surface area (Å²) in [7, 11) is 0. The standard InChI is InChI=1S/C15H11N3O2/c19-14-9-8-13(17-18-14)15(20)16-12-7-3-5-10-4-1-2-6-11(10)12/h1-9H,(H,16,20)(H,18,19). The molecule has 0 aliphatic carbocycles. The number of nitrogens with one attached hydrogen (secondary N) is 2. The number of aromatic nitrogens is 2. The SMILES string of the molecule is O=C(Nc1cccc2ccccc12)c1ccc(=O)[nH]n1. The number of benzene rings is 2. The molecule has 0 spiro atoms. The van der Waals surface area contributed by atoms with Gasteiger partial charge in [0.2, 0.25) is 0 Å². The van der Waals surface area contributed by atoms with Crippen molar-refractivity contribution < 1.29 is 4.79 Å². The Morgan fingerprint density at radius 2 is 1.80 bits per heavy atom. The van der Waals surface area contributed by atoms with Crippen molar-refractivity contribution in [1.29, 1.82) is 0 Å². The molecule has 20 heavy (non-hydrogen) atoms. The van der Waals surface area contributed by atoms with E-state index in [0.717, 1.165) is 10.8 Å². The van der Waals surface area contributed by atoms with Crippen LogP contribution in [0.2, 0.25) is 0 Å². The van der Waals surface area contributed by atoms with Crippen molar-refractivity contribution >= 4 is 22.4 Å². The number of amides is 1. The summed E-state index contributed by atoms with van der Waals surface area (Å²) < 4.78 is 0. The topological polar surface area (TPSA) is 74.8 Å². The van der Waals surface area contributed by atoms with Crippen LogP contribution in [0.5, 0.6) is 0 Å². The third kappa shape index (κ3) is 2.29. The number of nitrogens with zero attached hydrogens (tertiary/aromatic N) is 1. The van der Waals surface area contributed by atoms with Crippen LogP contribution >= 0.6 is 0 Å². The van der Waals surface area contributed by atoms with Gasteiger partial charge in [0.05, 0.1) is 0 Å². The molecule has 1 aromatic heterocycles. The number of hydrogen-bond donors (Lipinski definition) is 2. The van der Waals surface area contributed by atoms with Gasteiger partial charge in [0.15, 0.2) is 0 Å². The van der Waals surface area contributed by atoms with Crippen LogP contribution < -0.4 is 10.9 Å². The van der Waals surface area contributed by atoms with Gasteiger partial charge >= 0.3 is 0 Å². The van der Waals surface area contributed by atoms with Gasteiger partial charge in [-0.05, 0) is 17.5 Å². The van der Waals surface area contributed by atoms with E-state index in [-0.39, 0.29) is 17.2 Å². The Hall–Kier alpha value is -2.95. The first kappa shape index (κ1) is 12.1. The van der Waals surface area contributed by atoms with E-state index in [0.29, 0.717) is 5.69 Å². The molecule has 0 saturated heterocycles. The van der Waals surface area contributed by atoms with E-state index in [9.17, 15) is 9.59 Å². The van der Waals surface area contributed by atoms with E-state index in [4.69, 9.17) is 0 Å². The number of H-pyrrole nitrogens is 1. The first-order valence-electron chi connectivity index (χ1n) is 6.09. The summed E-state index contributed by atoms with van der Waals surface area (Å²) in [6.07, 6.45) is 0. The molecule has 2 aromatic carbocycles. The highest BCUT2D eigenvalue weighted by Crippen LogP contribution is 2.23. The van der Waals surface area contributed by atoms with E-state index in [1.807, 2.05) is 42.5 Å². The van der Waals surface area contributed by atoms with Gasteiger partial charge < -0.3 is 5.32 Å². The number of hydrogen-bond acceptors (Lipinski definition) is 3. The van der Waals surface area contributed by atoms with Crippen LogP contribution in [-0.4, -0.2) is 16.1 Å². The third-order valence-electron chi connectivity index (χ3n) is 2.95. The zero-order chi connectivity index (χ0) is 13.9. The number of carbonyl (C=O) groups excluding carboxylic acids is 1. The van der Waals surface area contributed by atoms with Crippen LogP contribution in [0.4, 0.5) is 5.69 Å². The van der Waals surface area contributed by atoms with Crippen LogP contribution in [0.3, 0.4) is 0 Å². The average molecular weight is 265 g/mol. The molecule has 0 saturated carbocycles. The first-order chi connectivity index (χ1) is 9.74. The maximum atomic E-state index is 12.1. The molecule has 0 atom stereocenters. The summed E-state index contributed by atoms with van der Waals surface area (Å²) in [6.45, 7) is 0. The van der Waals surface area contributed by atoms with E-state index in [1.54, 1.807) is 0 Å². The number of anilines is 1. The molecule has 3 rings (SSSR count). The van der Waals surface area contributed by atoms with E-state index >= 15 is 0 Å². The fourth-order valence-electron chi connectivity index (χ4n) is 1.99. The monoisotopic (exact) mass is 265 g/mol. The van der Waals surface area contributed by atoms with Gasteiger partial charge in [0.1, 0.15) is 5.69 Å². The smallest absolute Gasteiger partial charge is 0.276 e. The lowest BCUT2D eigenvalue weighted by Gasteiger charge is -2.07. The van der Waals surface area contributed by atoms with E-state index in [2.05, 4.69) is 15.5 Å². The number of rotatable bonds is 2. The highest BCUT2D eigenvalue weighted by atomic mass is 16.2. The van der Waals surface area contributed by atoms with E-state index in [1.165, 1.54) is 12.1 Å². The molecular weight excluding hydrogens is 254 g/mol. The molecule has 1 heterocycles. The lowest BCUT2D eigenvalue weighted by Crippen LogP contribution is -2.17. The minimum absolute atomic E-state index is 0.164.